The lowest BCUT2D eigenvalue weighted by atomic mass is 9.77. The summed E-state index contributed by atoms with van der Waals surface area (Å²) >= 11 is 4.79. The van der Waals surface area contributed by atoms with Gasteiger partial charge < -0.3 is 20.8 Å². The largest absolute Gasteiger partial charge is 0.502 e. The molecule has 0 amide bonds. The maximum atomic E-state index is 13.9. The smallest absolute Gasteiger partial charge is 0.437 e. The number of phenols is 1. The number of aromatic hydroxyl groups is 1. The van der Waals surface area contributed by atoms with Crippen LogP contribution in [0.25, 0.3) is 0 Å². The van der Waals surface area contributed by atoms with Crippen LogP contribution in [-0.4, -0.2) is 37.9 Å². The van der Waals surface area contributed by atoms with E-state index in [1.54, 1.807) is 11.4 Å². The Morgan fingerprint density at radius 1 is 1.20 bits per heavy atom. The number of rotatable bonds is 4. The molecule has 0 aliphatic carbocycles. The number of hydrogen-bond donors (Lipinski definition) is 4. The molecule has 0 bridgehead atoms. The topological polar surface area (TPSA) is 125 Å². The first-order chi connectivity index (χ1) is 14.0. The van der Waals surface area contributed by atoms with Crippen LogP contribution in [-0.2, 0) is 0 Å². The molecule has 1 aliphatic rings. The van der Waals surface area contributed by atoms with Gasteiger partial charge in [-0.1, -0.05) is 36.4 Å². The fraction of sp³-hybridized carbons (Fsp3) is 0.222. The Kier molecular flexibility index (Phi) is 5.39. The van der Waals surface area contributed by atoms with Crippen molar-refractivity contribution in [2.75, 3.05) is 0 Å². The number of phenolic OH excluding ortho intramolecular Hbond substituents is 1. The Bertz CT molecular complexity index is 1020. The number of alkyl halides is 3. The Balaban J connectivity index is 2.20. The molecule has 4 N–H and O–H groups in total. The van der Waals surface area contributed by atoms with Crippen molar-refractivity contribution >= 4 is 28.8 Å². The summed E-state index contributed by atoms with van der Waals surface area (Å²) in [7, 11) is 0. The summed E-state index contributed by atoms with van der Waals surface area (Å²) in [5.41, 5.74) is -4.79. The molecule has 0 radical (unpaired) electrons. The summed E-state index contributed by atoms with van der Waals surface area (Å²) in [6.45, 7) is 0. The first kappa shape index (κ1) is 21.5. The Hall–Kier alpha value is -3.25. The Morgan fingerprint density at radius 2 is 1.83 bits per heavy atom. The molecule has 0 spiro atoms. The summed E-state index contributed by atoms with van der Waals surface area (Å²) in [6, 6.07) is 8.25. The van der Waals surface area contributed by atoms with Gasteiger partial charge in [-0.3, -0.25) is 14.9 Å². The van der Waals surface area contributed by atoms with E-state index < -0.39 is 51.1 Å². The van der Waals surface area contributed by atoms with Gasteiger partial charge in [0.2, 0.25) is 5.72 Å². The standard InChI is InChI=1S/C18H14F3N3O5S/c19-18(20,21)17(27)13(15(26)9-4-2-1-3-5-9)14(22-16(30)23-17)10-6-7-12(25)11(8-10)24(28)29/h1-8,13-14,25,27H,(H2,22,23,30)/t13-,14+,17+/m0/s1. The summed E-state index contributed by atoms with van der Waals surface area (Å²) in [6.07, 6.45) is -5.32. The second-order valence-electron chi connectivity index (χ2n) is 6.55. The molecule has 8 nitrogen and oxygen atoms in total. The molecule has 30 heavy (non-hydrogen) atoms. The van der Waals surface area contributed by atoms with Gasteiger partial charge in [0.25, 0.3) is 0 Å². The van der Waals surface area contributed by atoms with Gasteiger partial charge in [-0.15, -0.1) is 0 Å². The van der Waals surface area contributed by atoms with E-state index >= 15 is 0 Å². The molecular formula is C18H14F3N3O5S. The third kappa shape index (κ3) is 3.66. The molecule has 1 heterocycles. The van der Waals surface area contributed by atoms with Gasteiger partial charge in [-0.2, -0.15) is 13.2 Å². The number of nitrogens with one attached hydrogen (secondary N) is 2. The number of Topliss-reactive ketones (excluding diaryl/α,β-unsaturated/α-hetero) is 1. The van der Waals surface area contributed by atoms with E-state index in [-0.39, 0.29) is 11.1 Å². The maximum absolute atomic E-state index is 13.9. The van der Waals surface area contributed by atoms with Crippen LogP contribution in [0.5, 0.6) is 5.75 Å². The third-order valence-corrected chi connectivity index (χ3v) is 4.92. The highest BCUT2D eigenvalue weighted by Crippen LogP contribution is 2.44. The second kappa shape index (κ2) is 7.54. The minimum absolute atomic E-state index is 0.111. The van der Waals surface area contributed by atoms with E-state index in [0.29, 0.717) is 0 Å². The van der Waals surface area contributed by atoms with Crippen molar-refractivity contribution in [3.8, 4) is 5.75 Å². The average molecular weight is 441 g/mol. The van der Waals surface area contributed by atoms with Gasteiger partial charge in [0.15, 0.2) is 16.6 Å². The first-order valence-corrected chi connectivity index (χ1v) is 8.81. The highest BCUT2D eigenvalue weighted by Gasteiger charge is 2.65. The Labute approximate surface area is 172 Å². The van der Waals surface area contributed by atoms with Gasteiger partial charge >= 0.3 is 11.9 Å². The lowest BCUT2D eigenvalue weighted by molar-refractivity contribution is -0.386. The zero-order valence-electron chi connectivity index (χ0n) is 14.9. The van der Waals surface area contributed by atoms with Crippen LogP contribution in [0.2, 0.25) is 0 Å². The Morgan fingerprint density at radius 3 is 2.40 bits per heavy atom. The third-order valence-electron chi connectivity index (χ3n) is 4.70. The zero-order valence-corrected chi connectivity index (χ0v) is 15.7. The van der Waals surface area contributed by atoms with Crippen molar-refractivity contribution in [1.82, 2.24) is 10.6 Å². The lowest BCUT2D eigenvalue weighted by Crippen LogP contribution is -2.72. The maximum Gasteiger partial charge on any atom is 0.437 e. The van der Waals surface area contributed by atoms with Crippen molar-refractivity contribution in [2.45, 2.75) is 17.9 Å². The van der Waals surface area contributed by atoms with Crippen molar-refractivity contribution in [1.29, 1.82) is 0 Å². The number of ketones is 1. The minimum atomic E-state index is -5.32. The van der Waals surface area contributed by atoms with E-state index in [1.165, 1.54) is 24.3 Å². The minimum Gasteiger partial charge on any atom is -0.502 e. The molecule has 158 valence electrons. The van der Waals surface area contributed by atoms with Crippen molar-refractivity contribution in [2.24, 2.45) is 5.92 Å². The number of halogens is 3. The predicted molar refractivity (Wildman–Crippen MR) is 102 cm³/mol. The molecule has 12 heteroatoms. The summed E-state index contributed by atoms with van der Waals surface area (Å²) in [5.74, 6) is -3.98. The first-order valence-electron chi connectivity index (χ1n) is 8.40. The van der Waals surface area contributed by atoms with E-state index in [9.17, 15) is 38.3 Å². The van der Waals surface area contributed by atoms with Crippen molar-refractivity contribution < 1.29 is 33.1 Å². The molecule has 1 fully saturated rings. The number of carbonyl (C=O) groups excluding carboxylic acids is 1. The fourth-order valence-corrected chi connectivity index (χ4v) is 3.56. The van der Waals surface area contributed by atoms with Crippen molar-refractivity contribution in [3.63, 3.8) is 0 Å². The SMILES string of the molecule is O=C(c1ccccc1)[C@@H]1[C@@H](c2ccc(O)c([N+](=O)[O-])c2)NC(=S)N[C@]1(O)C(F)(F)F. The van der Waals surface area contributed by atoms with Gasteiger partial charge in [-0.25, -0.2) is 0 Å². The highest BCUT2D eigenvalue weighted by atomic mass is 32.1. The van der Waals surface area contributed by atoms with Crippen LogP contribution in [0.15, 0.2) is 48.5 Å². The number of nitro benzene ring substituents is 1. The molecule has 1 aliphatic heterocycles. The molecule has 3 atom stereocenters. The van der Waals surface area contributed by atoms with Crippen LogP contribution >= 0.6 is 12.2 Å². The molecular weight excluding hydrogens is 427 g/mol. The van der Waals surface area contributed by atoms with Crippen LogP contribution in [0.1, 0.15) is 22.0 Å². The van der Waals surface area contributed by atoms with Gasteiger partial charge in [0.1, 0.15) is 5.92 Å². The summed E-state index contributed by atoms with van der Waals surface area (Å²) in [4.78, 5) is 23.3. The number of nitro groups is 1. The molecule has 2 aromatic carbocycles. The van der Waals surface area contributed by atoms with E-state index in [4.69, 9.17) is 12.2 Å². The molecule has 0 aromatic heterocycles. The van der Waals surface area contributed by atoms with Crippen molar-refractivity contribution in [3.05, 3.63) is 69.8 Å². The number of carbonyl (C=O) groups is 1. The molecule has 3 rings (SSSR count). The fourth-order valence-electron chi connectivity index (χ4n) is 3.28. The normalized spacial score (nSPS) is 23.9. The lowest BCUT2D eigenvalue weighted by Gasteiger charge is -2.46. The van der Waals surface area contributed by atoms with Crippen LogP contribution in [0.4, 0.5) is 18.9 Å². The summed E-state index contributed by atoms with van der Waals surface area (Å²) < 4.78 is 41.7. The van der Waals surface area contributed by atoms with Gasteiger partial charge in [-0.05, 0) is 23.8 Å². The van der Waals surface area contributed by atoms with Crippen LogP contribution < -0.4 is 10.6 Å². The number of hydrogen-bond acceptors (Lipinski definition) is 6. The van der Waals surface area contributed by atoms with E-state index in [0.717, 1.165) is 18.2 Å². The number of benzene rings is 2. The average Bonchev–Trinajstić information content (AvgIpc) is 2.67. The van der Waals surface area contributed by atoms with Crippen LogP contribution in [0.3, 0.4) is 0 Å². The predicted octanol–water partition coefficient (Wildman–Crippen LogP) is 2.57. The number of thiocarbonyl (C=S) groups is 1. The second-order valence-corrected chi connectivity index (χ2v) is 6.96. The molecule has 0 unspecified atom stereocenters. The number of nitrogens with zero attached hydrogens (tertiary/aromatic N) is 1. The van der Waals surface area contributed by atoms with Crippen LogP contribution in [0, 0.1) is 16.0 Å². The summed E-state index contributed by atoms with van der Waals surface area (Å²) in [5, 5.41) is 35.0. The van der Waals surface area contributed by atoms with E-state index in [2.05, 4.69) is 5.32 Å². The molecule has 0 saturated carbocycles. The van der Waals surface area contributed by atoms with Gasteiger partial charge in [0.05, 0.1) is 11.0 Å². The molecule has 1 saturated heterocycles. The molecule has 2 aromatic rings. The van der Waals surface area contributed by atoms with E-state index in [1.807, 2.05) is 0 Å². The quantitative estimate of drug-likeness (QED) is 0.247. The monoisotopic (exact) mass is 441 g/mol. The zero-order chi connectivity index (χ0) is 22.3. The van der Waals surface area contributed by atoms with Gasteiger partial charge in [0, 0.05) is 11.6 Å². The number of aliphatic hydroxyl groups is 1. The highest BCUT2D eigenvalue weighted by molar-refractivity contribution is 7.80.